The molecule has 1 aliphatic carbocycles. The van der Waals surface area contributed by atoms with Crippen LogP contribution in [0.1, 0.15) is 12.8 Å². The minimum Gasteiger partial charge on any atom is -0.398 e. The van der Waals surface area contributed by atoms with Gasteiger partial charge in [-0.05, 0) is 25.0 Å². The Kier molecular flexibility index (Phi) is 3.23. The lowest BCUT2D eigenvalue weighted by molar-refractivity contribution is 0.558. The van der Waals surface area contributed by atoms with Crippen LogP contribution in [-0.4, -0.2) is 14.5 Å². The van der Waals surface area contributed by atoms with Gasteiger partial charge in [0.25, 0.3) is 0 Å². The molecule has 0 radical (unpaired) electrons. The van der Waals surface area contributed by atoms with Gasteiger partial charge in [-0.1, -0.05) is 36.4 Å². The highest BCUT2D eigenvalue weighted by atomic mass is 32.2. The van der Waals surface area contributed by atoms with Gasteiger partial charge in [-0.2, -0.15) is 0 Å². The Hall–Kier alpha value is -1.85. The summed E-state index contributed by atoms with van der Waals surface area (Å²) in [5, 5.41) is 1.42. The van der Waals surface area contributed by atoms with Crippen LogP contribution in [0, 0.1) is 0 Å². The monoisotopic (exact) mass is 288 g/mol. The van der Waals surface area contributed by atoms with E-state index in [1.807, 2.05) is 30.4 Å². The Balaban J connectivity index is 2.07. The number of nitrogen functional groups attached to an aromatic ring is 1. The van der Waals surface area contributed by atoms with Crippen LogP contribution in [0.25, 0.3) is 10.8 Å². The summed E-state index contributed by atoms with van der Waals surface area (Å²) in [5.74, 6) is 0. The third-order valence-corrected chi connectivity index (χ3v) is 5.12. The molecule has 0 saturated carbocycles. The summed E-state index contributed by atoms with van der Waals surface area (Å²) in [6.45, 7) is 0. The summed E-state index contributed by atoms with van der Waals surface area (Å²) in [5.41, 5.74) is 6.49. The number of benzene rings is 2. The minimum absolute atomic E-state index is 0.0451. The largest absolute Gasteiger partial charge is 0.398 e. The molecule has 1 aliphatic rings. The van der Waals surface area contributed by atoms with Gasteiger partial charge < -0.3 is 5.73 Å². The molecule has 0 saturated heterocycles. The van der Waals surface area contributed by atoms with E-state index in [9.17, 15) is 8.42 Å². The predicted octanol–water partition coefficient (Wildman–Crippen LogP) is 2.42. The molecule has 104 valence electrons. The van der Waals surface area contributed by atoms with Crippen LogP contribution in [0.3, 0.4) is 0 Å². The van der Waals surface area contributed by atoms with Crippen LogP contribution in [0.2, 0.25) is 0 Å². The van der Waals surface area contributed by atoms with E-state index < -0.39 is 10.0 Å². The van der Waals surface area contributed by atoms with Crippen LogP contribution in [0.5, 0.6) is 0 Å². The van der Waals surface area contributed by atoms with E-state index >= 15 is 0 Å². The first-order chi connectivity index (χ1) is 9.58. The smallest absolute Gasteiger partial charge is 0.241 e. The summed E-state index contributed by atoms with van der Waals surface area (Å²) in [7, 11) is -3.53. The Morgan fingerprint density at radius 3 is 2.35 bits per heavy atom. The molecule has 0 spiro atoms. The van der Waals surface area contributed by atoms with Crippen molar-refractivity contribution in [3.05, 3.63) is 48.6 Å². The van der Waals surface area contributed by atoms with Crippen LogP contribution in [0.15, 0.2) is 53.4 Å². The molecule has 0 fully saturated rings. The number of anilines is 1. The van der Waals surface area contributed by atoms with Crippen molar-refractivity contribution in [2.75, 3.05) is 5.73 Å². The fourth-order valence-corrected chi connectivity index (χ4v) is 4.00. The van der Waals surface area contributed by atoms with Crippen molar-refractivity contribution in [3.63, 3.8) is 0 Å². The molecule has 3 rings (SSSR count). The molecule has 5 heteroatoms. The van der Waals surface area contributed by atoms with Gasteiger partial charge in [-0.15, -0.1) is 0 Å². The highest BCUT2D eigenvalue weighted by Gasteiger charge is 2.22. The van der Waals surface area contributed by atoms with Crippen LogP contribution >= 0.6 is 0 Å². The topological polar surface area (TPSA) is 72.2 Å². The van der Waals surface area contributed by atoms with Gasteiger partial charge in [0.1, 0.15) is 0 Å². The van der Waals surface area contributed by atoms with E-state index in [-0.39, 0.29) is 10.9 Å². The second-order valence-corrected chi connectivity index (χ2v) is 6.64. The third-order valence-electron chi connectivity index (χ3n) is 3.54. The van der Waals surface area contributed by atoms with Crippen molar-refractivity contribution in [3.8, 4) is 0 Å². The number of nitrogens with one attached hydrogen (secondary N) is 1. The molecular weight excluding hydrogens is 272 g/mol. The van der Waals surface area contributed by atoms with Crippen molar-refractivity contribution in [2.24, 2.45) is 0 Å². The molecule has 0 heterocycles. The predicted molar refractivity (Wildman–Crippen MR) is 80.8 cm³/mol. The first-order valence-electron chi connectivity index (χ1n) is 6.52. The molecule has 0 atom stereocenters. The summed E-state index contributed by atoms with van der Waals surface area (Å²) < 4.78 is 27.8. The highest BCUT2D eigenvalue weighted by Crippen LogP contribution is 2.28. The zero-order valence-corrected chi connectivity index (χ0v) is 11.7. The molecule has 2 aromatic rings. The van der Waals surface area contributed by atoms with Crippen molar-refractivity contribution in [1.82, 2.24) is 4.72 Å². The Bertz CT molecular complexity index is 774. The standard InChI is InChI=1S/C15H16N2O2S/c16-14-9-10-15(13-8-4-3-7-12(13)14)20(18,19)17-11-5-1-2-6-11/h1-4,7-11,17H,5-6,16H2. The van der Waals surface area contributed by atoms with E-state index in [4.69, 9.17) is 5.73 Å². The molecule has 0 amide bonds. The number of rotatable bonds is 3. The van der Waals surface area contributed by atoms with Crippen molar-refractivity contribution in [1.29, 1.82) is 0 Å². The molecule has 2 aromatic carbocycles. The highest BCUT2D eigenvalue weighted by molar-refractivity contribution is 7.89. The van der Waals surface area contributed by atoms with Crippen molar-refractivity contribution < 1.29 is 8.42 Å². The fourth-order valence-electron chi connectivity index (χ4n) is 2.53. The second kappa shape index (κ2) is 4.92. The third kappa shape index (κ3) is 2.30. The molecule has 0 aromatic heterocycles. The summed E-state index contributed by atoms with van der Waals surface area (Å²) in [6.07, 6.45) is 5.47. The number of sulfonamides is 1. The van der Waals surface area contributed by atoms with Gasteiger partial charge in [-0.3, -0.25) is 0 Å². The zero-order chi connectivity index (χ0) is 14.2. The quantitative estimate of drug-likeness (QED) is 0.673. The van der Waals surface area contributed by atoms with Crippen molar-refractivity contribution >= 4 is 26.5 Å². The van der Waals surface area contributed by atoms with E-state index in [0.717, 1.165) is 18.2 Å². The Morgan fingerprint density at radius 1 is 1.00 bits per heavy atom. The lowest BCUT2D eigenvalue weighted by atomic mass is 10.1. The molecule has 3 N–H and O–H groups in total. The van der Waals surface area contributed by atoms with Crippen LogP contribution in [0.4, 0.5) is 5.69 Å². The zero-order valence-electron chi connectivity index (χ0n) is 10.9. The van der Waals surface area contributed by atoms with Gasteiger partial charge in [0.05, 0.1) is 4.90 Å². The molecule has 0 unspecified atom stereocenters. The second-order valence-electron chi connectivity index (χ2n) is 4.96. The summed E-state index contributed by atoms with van der Waals surface area (Å²) in [6, 6.07) is 10.5. The average Bonchev–Trinajstić information content (AvgIpc) is 2.91. The number of nitrogens with two attached hydrogens (primary N) is 1. The maximum atomic E-state index is 12.5. The van der Waals surface area contributed by atoms with Gasteiger partial charge in [-0.25, -0.2) is 13.1 Å². The minimum atomic E-state index is -3.53. The lowest BCUT2D eigenvalue weighted by Gasteiger charge is -2.14. The average molecular weight is 288 g/mol. The van der Waals surface area contributed by atoms with E-state index in [2.05, 4.69) is 4.72 Å². The van der Waals surface area contributed by atoms with Crippen molar-refractivity contribution in [2.45, 2.75) is 23.8 Å². The van der Waals surface area contributed by atoms with Crippen LogP contribution < -0.4 is 10.5 Å². The van der Waals surface area contributed by atoms with E-state index in [1.54, 1.807) is 18.2 Å². The maximum absolute atomic E-state index is 12.5. The SMILES string of the molecule is Nc1ccc(S(=O)(=O)NC2CC=CC2)c2ccccc12. The maximum Gasteiger partial charge on any atom is 0.241 e. The number of fused-ring (bicyclic) bond motifs is 1. The molecular formula is C15H16N2O2S. The van der Waals surface area contributed by atoms with E-state index in [1.165, 1.54) is 0 Å². The van der Waals surface area contributed by atoms with Gasteiger partial charge >= 0.3 is 0 Å². The lowest BCUT2D eigenvalue weighted by Crippen LogP contribution is -2.33. The van der Waals surface area contributed by atoms with Gasteiger partial charge in [0.15, 0.2) is 0 Å². The fraction of sp³-hybridized carbons (Fsp3) is 0.200. The normalized spacial score (nSPS) is 16.0. The number of hydrogen-bond acceptors (Lipinski definition) is 3. The van der Waals surface area contributed by atoms with Gasteiger partial charge in [0, 0.05) is 22.5 Å². The molecule has 4 nitrogen and oxygen atoms in total. The molecule has 20 heavy (non-hydrogen) atoms. The number of hydrogen-bond donors (Lipinski definition) is 2. The van der Waals surface area contributed by atoms with E-state index in [0.29, 0.717) is 11.1 Å². The summed E-state index contributed by atoms with van der Waals surface area (Å²) >= 11 is 0. The first-order valence-corrected chi connectivity index (χ1v) is 8.01. The van der Waals surface area contributed by atoms with Crippen LogP contribution in [-0.2, 0) is 10.0 Å². The Morgan fingerprint density at radius 2 is 1.65 bits per heavy atom. The first kappa shape index (κ1) is 13.1. The van der Waals surface area contributed by atoms with Gasteiger partial charge in [0.2, 0.25) is 10.0 Å². The Labute approximate surface area is 118 Å². The molecule has 0 bridgehead atoms. The molecule has 0 aliphatic heterocycles. The summed E-state index contributed by atoms with van der Waals surface area (Å²) in [4.78, 5) is 0.286.